The second-order valence-corrected chi connectivity index (χ2v) is 11.3. The van der Waals surface area contributed by atoms with Crippen molar-refractivity contribution in [1.82, 2.24) is 0 Å². The molecule has 0 heterocycles. The van der Waals surface area contributed by atoms with Gasteiger partial charge in [0.2, 0.25) is 0 Å². The van der Waals surface area contributed by atoms with Gasteiger partial charge in [0, 0.05) is 6.61 Å². The maximum Gasteiger partial charge on any atom is 0.191 e. The lowest BCUT2D eigenvalue weighted by atomic mass is 10.2. The van der Waals surface area contributed by atoms with Crippen molar-refractivity contribution in [3.05, 3.63) is 12.2 Å². The van der Waals surface area contributed by atoms with Crippen molar-refractivity contribution in [3.8, 4) is 0 Å². The van der Waals surface area contributed by atoms with E-state index in [-0.39, 0.29) is 0 Å². The molecule has 2 heteroatoms. The predicted octanol–water partition coefficient (Wildman–Crippen LogP) is 4.22. The van der Waals surface area contributed by atoms with Gasteiger partial charge in [-0.2, -0.15) is 0 Å². The first-order valence-electron chi connectivity index (χ1n) is 5.94. The Morgan fingerprint density at radius 2 is 1.93 bits per heavy atom. The van der Waals surface area contributed by atoms with Crippen molar-refractivity contribution in [3.63, 3.8) is 0 Å². The van der Waals surface area contributed by atoms with Gasteiger partial charge in [-0.1, -0.05) is 32.9 Å². The van der Waals surface area contributed by atoms with Crippen LogP contribution in [0, 0.1) is 11.8 Å². The van der Waals surface area contributed by atoms with Crippen molar-refractivity contribution in [2.24, 2.45) is 11.8 Å². The Morgan fingerprint density at radius 3 is 2.27 bits per heavy atom. The highest BCUT2D eigenvalue weighted by molar-refractivity contribution is 6.74. The summed E-state index contributed by atoms with van der Waals surface area (Å²) in [6, 6.07) is 0. The summed E-state index contributed by atoms with van der Waals surface area (Å²) in [4.78, 5) is 0. The van der Waals surface area contributed by atoms with Gasteiger partial charge < -0.3 is 4.43 Å². The van der Waals surface area contributed by atoms with Crippen LogP contribution in [0.25, 0.3) is 0 Å². The van der Waals surface area contributed by atoms with Crippen molar-refractivity contribution >= 4 is 8.32 Å². The Kier molecular flexibility index (Phi) is 3.51. The third kappa shape index (κ3) is 3.18. The fraction of sp³-hybridized carbons (Fsp3) is 0.846. The molecule has 0 aliphatic heterocycles. The molecule has 0 aromatic carbocycles. The molecule has 0 N–H and O–H groups in total. The number of hydrogen-bond donors (Lipinski definition) is 0. The lowest BCUT2D eigenvalue weighted by Gasteiger charge is -2.36. The molecule has 0 aromatic heterocycles. The average Bonchev–Trinajstić information content (AvgIpc) is 2.77. The van der Waals surface area contributed by atoms with Crippen LogP contribution in [0.5, 0.6) is 0 Å². The molecule has 88 valence electrons. The fourth-order valence-corrected chi connectivity index (χ4v) is 2.63. The van der Waals surface area contributed by atoms with Crippen LogP contribution >= 0.6 is 0 Å². The molecule has 15 heavy (non-hydrogen) atoms. The van der Waals surface area contributed by atoms with Gasteiger partial charge in [-0.05, 0) is 43.3 Å². The molecular weight excluding hydrogens is 200 g/mol. The van der Waals surface area contributed by atoms with Crippen LogP contribution in [0.4, 0.5) is 0 Å². The lowest BCUT2D eigenvalue weighted by molar-refractivity contribution is 0.268. The van der Waals surface area contributed by atoms with Crippen LogP contribution < -0.4 is 0 Å². The first-order valence-corrected chi connectivity index (χ1v) is 8.85. The van der Waals surface area contributed by atoms with E-state index in [1.165, 1.54) is 12.0 Å². The Morgan fingerprint density at radius 1 is 1.40 bits per heavy atom. The van der Waals surface area contributed by atoms with Crippen LogP contribution in [0.3, 0.4) is 0 Å². The van der Waals surface area contributed by atoms with Crippen LogP contribution in [0.1, 0.15) is 34.1 Å². The number of rotatable bonds is 4. The van der Waals surface area contributed by atoms with E-state index in [9.17, 15) is 0 Å². The summed E-state index contributed by atoms with van der Waals surface area (Å²) in [5.41, 5.74) is 1.33. The third-order valence-corrected chi connectivity index (χ3v) is 8.52. The van der Waals surface area contributed by atoms with Crippen LogP contribution in [0.2, 0.25) is 18.1 Å². The SMILES string of the molecule is C=C(C)[C@H]1C[C@H]1CO[Si](C)(C)C(C)(C)C. The molecule has 1 nitrogen and oxygen atoms in total. The Labute approximate surface area is 96.0 Å². The molecule has 0 aromatic rings. The van der Waals surface area contributed by atoms with E-state index >= 15 is 0 Å². The minimum atomic E-state index is -1.52. The summed E-state index contributed by atoms with van der Waals surface area (Å²) < 4.78 is 6.20. The smallest absolute Gasteiger partial charge is 0.191 e. The Bertz CT molecular complexity index is 250. The quantitative estimate of drug-likeness (QED) is 0.515. The molecule has 0 unspecified atom stereocenters. The second-order valence-electron chi connectivity index (χ2n) is 6.52. The maximum atomic E-state index is 6.20. The van der Waals surface area contributed by atoms with Gasteiger partial charge in [0.15, 0.2) is 8.32 Å². The molecule has 1 aliphatic rings. The molecule has 1 fully saturated rings. The van der Waals surface area contributed by atoms with E-state index < -0.39 is 8.32 Å². The lowest BCUT2D eigenvalue weighted by Crippen LogP contribution is -2.41. The summed E-state index contributed by atoms with van der Waals surface area (Å²) in [5, 5.41) is 0.334. The zero-order valence-corrected chi connectivity index (χ0v) is 12.2. The molecule has 2 atom stereocenters. The molecule has 1 saturated carbocycles. The van der Waals surface area contributed by atoms with Gasteiger partial charge in [-0.15, -0.1) is 0 Å². The van der Waals surface area contributed by atoms with Crippen molar-refractivity contribution < 1.29 is 4.43 Å². The molecule has 0 saturated heterocycles. The number of hydrogen-bond acceptors (Lipinski definition) is 1. The summed E-state index contributed by atoms with van der Waals surface area (Å²) in [7, 11) is -1.52. The summed E-state index contributed by atoms with van der Waals surface area (Å²) >= 11 is 0. The summed E-state index contributed by atoms with van der Waals surface area (Å²) in [5.74, 6) is 1.51. The average molecular weight is 226 g/mol. The molecule has 1 rings (SSSR count). The standard InChI is InChI=1S/C13H26OSi/c1-10(2)12-8-11(12)9-14-15(6,7)13(3,4)5/h11-12H,1,8-9H2,2-7H3/t11-,12+/m0/s1. The zero-order chi connectivity index (χ0) is 11.9. The van der Waals surface area contributed by atoms with Gasteiger partial charge in [-0.25, -0.2) is 0 Å². The highest BCUT2D eigenvalue weighted by atomic mass is 28.4. The van der Waals surface area contributed by atoms with E-state index in [4.69, 9.17) is 4.43 Å². The van der Waals surface area contributed by atoms with Crippen LogP contribution in [0.15, 0.2) is 12.2 Å². The van der Waals surface area contributed by atoms with E-state index in [2.05, 4.69) is 47.4 Å². The monoisotopic (exact) mass is 226 g/mol. The first-order chi connectivity index (χ1) is 6.65. The molecule has 0 amide bonds. The van der Waals surface area contributed by atoms with Crippen molar-refractivity contribution in [1.29, 1.82) is 0 Å². The summed E-state index contributed by atoms with van der Waals surface area (Å²) in [6.07, 6.45) is 1.30. The minimum Gasteiger partial charge on any atom is -0.417 e. The minimum absolute atomic E-state index is 0.334. The second kappa shape index (κ2) is 4.06. The fourth-order valence-electron chi connectivity index (χ4n) is 1.57. The zero-order valence-electron chi connectivity index (χ0n) is 11.2. The van der Waals surface area contributed by atoms with Gasteiger partial charge in [0.25, 0.3) is 0 Å². The molecule has 0 spiro atoms. The Hall–Kier alpha value is -0.0831. The van der Waals surface area contributed by atoms with Gasteiger partial charge in [0.05, 0.1) is 0 Å². The van der Waals surface area contributed by atoms with E-state index in [0.717, 1.165) is 18.4 Å². The topological polar surface area (TPSA) is 9.23 Å². The third-order valence-electron chi connectivity index (χ3n) is 4.02. The van der Waals surface area contributed by atoms with Gasteiger partial charge >= 0.3 is 0 Å². The van der Waals surface area contributed by atoms with Crippen molar-refractivity contribution in [2.75, 3.05) is 6.61 Å². The first kappa shape index (κ1) is 13.0. The van der Waals surface area contributed by atoms with Gasteiger partial charge in [0.1, 0.15) is 0 Å². The Balaban J connectivity index is 2.36. The summed E-state index contributed by atoms with van der Waals surface area (Å²) in [6.45, 7) is 18.6. The molecule has 1 aliphatic carbocycles. The largest absolute Gasteiger partial charge is 0.417 e. The van der Waals surface area contributed by atoms with E-state index in [1.807, 2.05) is 0 Å². The highest BCUT2D eigenvalue weighted by Crippen LogP contribution is 2.45. The highest BCUT2D eigenvalue weighted by Gasteiger charge is 2.42. The normalized spacial score (nSPS) is 26.5. The molecular formula is C13H26OSi. The molecule has 0 radical (unpaired) electrons. The maximum absolute atomic E-state index is 6.20. The number of allylic oxidation sites excluding steroid dienone is 1. The molecule has 0 bridgehead atoms. The van der Waals surface area contributed by atoms with E-state index in [0.29, 0.717) is 5.04 Å². The van der Waals surface area contributed by atoms with E-state index in [1.54, 1.807) is 0 Å². The van der Waals surface area contributed by atoms with Gasteiger partial charge in [-0.3, -0.25) is 0 Å². The van der Waals surface area contributed by atoms with Crippen molar-refractivity contribution in [2.45, 2.75) is 52.2 Å². The van der Waals surface area contributed by atoms with Crippen LogP contribution in [-0.4, -0.2) is 14.9 Å². The van der Waals surface area contributed by atoms with Crippen LogP contribution in [-0.2, 0) is 4.43 Å². The predicted molar refractivity (Wildman–Crippen MR) is 69.6 cm³/mol.